The normalized spacial score (nSPS) is 11.1. The summed E-state index contributed by atoms with van der Waals surface area (Å²) >= 11 is 0. The molecule has 1 heterocycles. The van der Waals surface area contributed by atoms with Crippen LogP contribution in [0.1, 0.15) is 33.6 Å². The zero-order valence-corrected chi connectivity index (χ0v) is 10.7. The van der Waals surface area contributed by atoms with E-state index in [1.165, 1.54) is 5.56 Å². The first kappa shape index (κ1) is 12.6. The van der Waals surface area contributed by atoms with Gasteiger partial charge in [0.25, 0.3) is 0 Å². The molecule has 18 heavy (non-hydrogen) atoms. The summed E-state index contributed by atoms with van der Waals surface area (Å²) in [5.41, 5.74) is 9.63. The number of carbonyl (C=O) groups is 1. The smallest absolute Gasteiger partial charge is 0.338 e. The number of aromatic nitrogens is 1. The van der Waals surface area contributed by atoms with Crippen LogP contribution in [0.2, 0.25) is 0 Å². The highest BCUT2D eigenvalue weighted by atomic mass is 16.4. The Morgan fingerprint density at radius 3 is 2.72 bits per heavy atom. The van der Waals surface area contributed by atoms with Gasteiger partial charge in [0.2, 0.25) is 0 Å². The van der Waals surface area contributed by atoms with Crippen molar-refractivity contribution in [3.63, 3.8) is 0 Å². The molecule has 2 aromatic rings. The van der Waals surface area contributed by atoms with Crippen LogP contribution in [0, 0.1) is 13.8 Å². The van der Waals surface area contributed by atoms with E-state index < -0.39 is 5.97 Å². The fraction of sp³-hybridized carbons (Fsp3) is 0.357. The number of aromatic amines is 1. The molecule has 0 saturated heterocycles. The third-order valence-corrected chi connectivity index (χ3v) is 3.35. The summed E-state index contributed by atoms with van der Waals surface area (Å²) in [5, 5.41) is 10.3. The Morgan fingerprint density at radius 2 is 2.11 bits per heavy atom. The van der Waals surface area contributed by atoms with Gasteiger partial charge in [-0.05, 0) is 44.4 Å². The van der Waals surface area contributed by atoms with Crippen molar-refractivity contribution in [3.8, 4) is 0 Å². The molecule has 0 atom stereocenters. The van der Waals surface area contributed by atoms with E-state index in [1.54, 1.807) is 0 Å². The van der Waals surface area contributed by atoms with Crippen molar-refractivity contribution in [2.24, 2.45) is 5.73 Å². The molecule has 96 valence electrons. The van der Waals surface area contributed by atoms with Crippen LogP contribution in [-0.4, -0.2) is 22.6 Å². The maximum atomic E-state index is 11.3. The average molecular weight is 246 g/mol. The Labute approximate surface area is 106 Å². The number of fused-ring (bicyclic) bond motifs is 1. The van der Waals surface area contributed by atoms with Crippen LogP contribution >= 0.6 is 0 Å². The third-order valence-electron chi connectivity index (χ3n) is 3.35. The molecule has 1 aromatic heterocycles. The molecule has 1 aromatic carbocycles. The van der Waals surface area contributed by atoms with Gasteiger partial charge in [0, 0.05) is 11.1 Å². The molecule has 0 aliphatic rings. The van der Waals surface area contributed by atoms with Crippen molar-refractivity contribution in [1.29, 1.82) is 0 Å². The van der Waals surface area contributed by atoms with Gasteiger partial charge in [-0.2, -0.15) is 0 Å². The average Bonchev–Trinajstić information content (AvgIpc) is 2.61. The van der Waals surface area contributed by atoms with Gasteiger partial charge < -0.3 is 15.8 Å². The minimum absolute atomic E-state index is 0.370. The number of carboxylic acid groups (broad SMARTS) is 1. The first-order valence-corrected chi connectivity index (χ1v) is 6.10. The molecule has 2 rings (SSSR count). The Hall–Kier alpha value is -1.81. The van der Waals surface area contributed by atoms with E-state index in [0.717, 1.165) is 35.0 Å². The number of hydrogen-bond donors (Lipinski definition) is 3. The van der Waals surface area contributed by atoms with E-state index in [-0.39, 0.29) is 0 Å². The summed E-state index contributed by atoms with van der Waals surface area (Å²) in [4.78, 5) is 14.5. The molecule has 4 heteroatoms. The number of rotatable bonds is 4. The van der Waals surface area contributed by atoms with E-state index >= 15 is 0 Å². The van der Waals surface area contributed by atoms with Gasteiger partial charge in [-0.25, -0.2) is 4.79 Å². The van der Waals surface area contributed by atoms with Crippen LogP contribution in [0.15, 0.2) is 12.1 Å². The molecule has 0 aliphatic carbocycles. The summed E-state index contributed by atoms with van der Waals surface area (Å²) in [6.07, 6.45) is 1.79. The monoisotopic (exact) mass is 246 g/mol. The summed E-state index contributed by atoms with van der Waals surface area (Å²) < 4.78 is 0. The third kappa shape index (κ3) is 1.99. The molecule has 0 amide bonds. The maximum Gasteiger partial charge on any atom is 0.338 e. The van der Waals surface area contributed by atoms with Gasteiger partial charge in [0.05, 0.1) is 11.1 Å². The molecule has 0 bridgehead atoms. The fourth-order valence-corrected chi connectivity index (χ4v) is 2.43. The standard InChI is InChI=1S/C14H18N2O2/c1-8-5-6-11-10(4-3-7-15)9(2)16-13(11)12(8)14(17)18/h5-6,16H,3-4,7,15H2,1-2H3,(H,17,18). The number of nitrogens with two attached hydrogens (primary N) is 1. The second-order valence-corrected chi connectivity index (χ2v) is 4.61. The second-order valence-electron chi connectivity index (χ2n) is 4.61. The van der Waals surface area contributed by atoms with Crippen molar-refractivity contribution in [3.05, 3.63) is 34.5 Å². The number of benzene rings is 1. The van der Waals surface area contributed by atoms with Crippen molar-refractivity contribution < 1.29 is 9.90 Å². The molecule has 0 aliphatic heterocycles. The van der Waals surface area contributed by atoms with Crippen LogP contribution in [0.4, 0.5) is 0 Å². The van der Waals surface area contributed by atoms with Gasteiger partial charge in [-0.3, -0.25) is 0 Å². The number of hydrogen-bond acceptors (Lipinski definition) is 2. The molecular formula is C14H18N2O2. The Bertz CT molecular complexity index is 599. The Kier molecular flexibility index (Phi) is 3.39. The number of H-pyrrole nitrogens is 1. The maximum absolute atomic E-state index is 11.3. The molecule has 0 spiro atoms. The van der Waals surface area contributed by atoms with Crippen molar-refractivity contribution in [2.75, 3.05) is 6.54 Å². The fourth-order valence-electron chi connectivity index (χ4n) is 2.43. The van der Waals surface area contributed by atoms with Gasteiger partial charge in [-0.1, -0.05) is 12.1 Å². The van der Waals surface area contributed by atoms with Gasteiger partial charge in [-0.15, -0.1) is 0 Å². The first-order valence-electron chi connectivity index (χ1n) is 6.10. The predicted molar refractivity (Wildman–Crippen MR) is 72.1 cm³/mol. The lowest BCUT2D eigenvalue weighted by Crippen LogP contribution is -2.01. The highest BCUT2D eigenvalue weighted by molar-refractivity contribution is 6.04. The highest BCUT2D eigenvalue weighted by Crippen LogP contribution is 2.28. The minimum Gasteiger partial charge on any atom is -0.478 e. The van der Waals surface area contributed by atoms with Crippen molar-refractivity contribution in [2.45, 2.75) is 26.7 Å². The number of nitrogens with one attached hydrogen (secondary N) is 1. The molecule has 0 saturated carbocycles. The van der Waals surface area contributed by atoms with Gasteiger partial charge in [0.1, 0.15) is 0 Å². The van der Waals surface area contributed by atoms with E-state index in [9.17, 15) is 9.90 Å². The zero-order chi connectivity index (χ0) is 13.3. The molecule has 4 nitrogen and oxygen atoms in total. The Balaban J connectivity index is 2.66. The minimum atomic E-state index is -0.885. The number of aromatic carboxylic acids is 1. The van der Waals surface area contributed by atoms with Crippen LogP contribution in [-0.2, 0) is 6.42 Å². The lowest BCUT2D eigenvalue weighted by Gasteiger charge is -2.03. The topological polar surface area (TPSA) is 79.1 Å². The lowest BCUT2D eigenvalue weighted by molar-refractivity contribution is 0.0698. The van der Waals surface area contributed by atoms with Crippen LogP contribution in [0.25, 0.3) is 10.9 Å². The molecule has 0 unspecified atom stereocenters. The second kappa shape index (κ2) is 4.82. The lowest BCUT2D eigenvalue weighted by atomic mass is 10.0. The molecule has 0 fully saturated rings. The summed E-state index contributed by atoms with van der Waals surface area (Å²) in [7, 11) is 0. The zero-order valence-electron chi connectivity index (χ0n) is 10.7. The van der Waals surface area contributed by atoms with E-state index in [4.69, 9.17) is 5.73 Å². The molecule has 0 radical (unpaired) electrons. The highest BCUT2D eigenvalue weighted by Gasteiger charge is 2.17. The molecule has 4 N–H and O–H groups in total. The van der Waals surface area contributed by atoms with Crippen molar-refractivity contribution >= 4 is 16.9 Å². The number of carboxylic acids is 1. The first-order chi connectivity index (χ1) is 8.56. The van der Waals surface area contributed by atoms with Crippen LogP contribution in [0.3, 0.4) is 0 Å². The SMILES string of the molecule is Cc1ccc2c(CCCN)c(C)[nH]c2c1C(=O)O. The summed E-state index contributed by atoms with van der Waals surface area (Å²) in [5.74, 6) is -0.885. The largest absolute Gasteiger partial charge is 0.478 e. The van der Waals surface area contributed by atoms with Crippen LogP contribution in [0.5, 0.6) is 0 Å². The molecular weight excluding hydrogens is 228 g/mol. The van der Waals surface area contributed by atoms with Crippen molar-refractivity contribution in [1.82, 2.24) is 4.98 Å². The number of aryl methyl sites for hydroxylation is 3. The van der Waals surface area contributed by atoms with E-state index in [1.807, 2.05) is 26.0 Å². The van der Waals surface area contributed by atoms with Crippen LogP contribution < -0.4 is 5.73 Å². The van der Waals surface area contributed by atoms with Gasteiger partial charge in [0.15, 0.2) is 0 Å². The van der Waals surface area contributed by atoms with E-state index in [0.29, 0.717) is 12.1 Å². The predicted octanol–water partition coefficient (Wildman–Crippen LogP) is 2.37. The quantitative estimate of drug-likeness (QED) is 0.775. The Morgan fingerprint density at radius 1 is 1.39 bits per heavy atom. The van der Waals surface area contributed by atoms with Gasteiger partial charge >= 0.3 is 5.97 Å². The van der Waals surface area contributed by atoms with E-state index in [2.05, 4.69) is 4.98 Å². The summed E-state index contributed by atoms with van der Waals surface area (Å²) in [6, 6.07) is 3.86. The summed E-state index contributed by atoms with van der Waals surface area (Å²) in [6.45, 7) is 4.44.